The Labute approximate surface area is 166 Å². The number of rotatable bonds is 4. The van der Waals surface area contributed by atoms with E-state index in [2.05, 4.69) is 15.4 Å². The average Bonchev–Trinajstić information content (AvgIpc) is 3.44. The quantitative estimate of drug-likeness (QED) is 0.481. The van der Waals surface area contributed by atoms with E-state index < -0.39 is 0 Å². The maximum absolute atomic E-state index is 12.6. The summed E-state index contributed by atoms with van der Waals surface area (Å²) < 4.78 is 6.84. The summed E-state index contributed by atoms with van der Waals surface area (Å²) in [6.07, 6.45) is 3.25. The molecule has 3 aromatic heterocycles. The maximum Gasteiger partial charge on any atom is 0.258 e. The normalized spacial score (nSPS) is 10.9. The summed E-state index contributed by atoms with van der Waals surface area (Å²) in [5.41, 5.74) is 5.05. The van der Waals surface area contributed by atoms with E-state index >= 15 is 0 Å². The molecule has 0 aliphatic carbocycles. The highest BCUT2D eigenvalue weighted by atomic mass is 16.3. The highest BCUT2D eigenvalue weighted by Crippen LogP contribution is 2.22. The van der Waals surface area contributed by atoms with E-state index in [1.54, 1.807) is 29.2 Å². The van der Waals surface area contributed by atoms with Crippen LogP contribution in [0.1, 0.15) is 10.4 Å². The number of anilines is 1. The van der Waals surface area contributed by atoms with Crippen LogP contribution in [0.3, 0.4) is 0 Å². The largest absolute Gasteiger partial charge is 0.472 e. The third kappa shape index (κ3) is 3.27. The summed E-state index contributed by atoms with van der Waals surface area (Å²) in [5, 5.41) is 7.21. The van der Waals surface area contributed by atoms with Crippen molar-refractivity contribution < 1.29 is 9.21 Å². The average molecular weight is 380 g/mol. The molecule has 0 radical (unpaired) electrons. The van der Waals surface area contributed by atoms with E-state index in [9.17, 15) is 4.79 Å². The lowest BCUT2D eigenvalue weighted by molar-refractivity contribution is 0.102. The summed E-state index contributed by atoms with van der Waals surface area (Å²) in [4.78, 5) is 17.0. The lowest BCUT2D eigenvalue weighted by Crippen LogP contribution is -2.13. The van der Waals surface area contributed by atoms with Crippen molar-refractivity contribution in [3.63, 3.8) is 0 Å². The van der Waals surface area contributed by atoms with Gasteiger partial charge in [0.2, 0.25) is 5.95 Å². The number of carbonyl (C=O) groups is 1. The molecule has 1 N–H and O–H groups in total. The fourth-order valence-electron chi connectivity index (χ4n) is 3.21. The molecule has 1 amide bonds. The Kier molecular flexibility index (Phi) is 4.14. The summed E-state index contributed by atoms with van der Waals surface area (Å²) in [5.74, 6) is -0.0107. The topological polar surface area (TPSA) is 72.4 Å². The zero-order chi connectivity index (χ0) is 19.6. The highest BCUT2D eigenvalue weighted by molar-refractivity contribution is 6.03. The fraction of sp³-hybridized carbons (Fsp3) is 0. The molecule has 0 unspecified atom stereocenters. The van der Waals surface area contributed by atoms with Gasteiger partial charge in [0.05, 0.1) is 18.2 Å². The second-order valence-corrected chi connectivity index (χ2v) is 6.53. The summed E-state index contributed by atoms with van der Waals surface area (Å²) in [7, 11) is 0. The Morgan fingerprint density at radius 3 is 2.38 bits per heavy atom. The van der Waals surface area contributed by atoms with E-state index in [1.165, 1.54) is 0 Å². The highest BCUT2D eigenvalue weighted by Gasteiger charge is 2.13. The second-order valence-electron chi connectivity index (χ2n) is 6.53. The van der Waals surface area contributed by atoms with E-state index in [1.807, 2.05) is 66.7 Å². The minimum Gasteiger partial charge on any atom is -0.472 e. The molecule has 5 rings (SSSR count). The molecular formula is C23H16N4O2. The monoisotopic (exact) mass is 380 g/mol. The number of amides is 1. The molecule has 0 atom stereocenters. The predicted octanol–water partition coefficient (Wildman–Crippen LogP) is 4.91. The van der Waals surface area contributed by atoms with Crippen molar-refractivity contribution in [2.75, 3.05) is 5.32 Å². The van der Waals surface area contributed by atoms with Crippen molar-refractivity contribution in [3.05, 3.63) is 97.0 Å². The van der Waals surface area contributed by atoms with Crippen molar-refractivity contribution in [1.29, 1.82) is 0 Å². The Hall–Kier alpha value is -4.19. The van der Waals surface area contributed by atoms with Crippen LogP contribution in [0.15, 0.2) is 95.8 Å². The number of nitrogens with one attached hydrogen (secondary N) is 1. The zero-order valence-electron chi connectivity index (χ0n) is 15.3. The van der Waals surface area contributed by atoms with E-state index in [0.29, 0.717) is 11.2 Å². The maximum atomic E-state index is 12.6. The minimum atomic E-state index is -0.259. The van der Waals surface area contributed by atoms with Crippen molar-refractivity contribution in [2.45, 2.75) is 0 Å². The first-order chi connectivity index (χ1) is 14.3. The number of benzene rings is 2. The molecule has 0 saturated heterocycles. The summed E-state index contributed by atoms with van der Waals surface area (Å²) >= 11 is 0. The lowest BCUT2D eigenvalue weighted by atomic mass is 10.0. The van der Waals surface area contributed by atoms with Crippen LogP contribution in [0.2, 0.25) is 0 Å². The Balaban J connectivity index is 1.39. The van der Waals surface area contributed by atoms with Crippen molar-refractivity contribution in [3.8, 4) is 22.4 Å². The van der Waals surface area contributed by atoms with Gasteiger partial charge in [-0.05, 0) is 41.5 Å². The molecule has 3 heterocycles. The van der Waals surface area contributed by atoms with Gasteiger partial charge < -0.3 is 4.42 Å². The Morgan fingerprint density at radius 2 is 1.62 bits per heavy atom. The van der Waals surface area contributed by atoms with E-state index in [-0.39, 0.29) is 11.9 Å². The smallest absolute Gasteiger partial charge is 0.258 e. The molecule has 0 bridgehead atoms. The number of hydrogen-bond acceptors (Lipinski definition) is 4. The molecular weight excluding hydrogens is 364 g/mol. The van der Waals surface area contributed by atoms with Gasteiger partial charge in [-0.15, -0.1) is 5.10 Å². The van der Waals surface area contributed by atoms with Gasteiger partial charge in [0.15, 0.2) is 5.65 Å². The SMILES string of the molecule is O=C(Nc1nc2cccc(-c3ccoc3)n2n1)c1ccc(-c2ccccc2)cc1. The van der Waals surface area contributed by atoms with Crippen LogP contribution < -0.4 is 5.32 Å². The fourth-order valence-corrected chi connectivity index (χ4v) is 3.21. The first-order valence-corrected chi connectivity index (χ1v) is 9.13. The van der Waals surface area contributed by atoms with Gasteiger partial charge in [-0.2, -0.15) is 4.98 Å². The van der Waals surface area contributed by atoms with Crippen molar-refractivity contribution >= 4 is 17.5 Å². The Bertz CT molecular complexity index is 1270. The molecule has 6 heteroatoms. The van der Waals surface area contributed by atoms with E-state index in [0.717, 1.165) is 22.4 Å². The third-order valence-electron chi connectivity index (χ3n) is 4.66. The minimum absolute atomic E-state index is 0.248. The molecule has 2 aromatic carbocycles. The number of hydrogen-bond donors (Lipinski definition) is 1. The van der Waals surface area contributed by atoms with Gasteiger partial charge in [-0.1, -0.05) is 48.5 Å². The van der Waals surface area contributed by atoms with Gasteiger partial charge >= 0.3 is 0 Å². The molecule has 5 aromatic rings. The van der Waals surface area contributed by atoms with Crippen LogP contribution >= 0.6 is 0 Å². The second kappa shape index (κ2) is 7.09. The number of furan rings is 1. The number of fused-ring (bicyclic) bond motifs is 1. The van der Waals surface area contributed by atoms with Crippen LogP contribution in [-0.4, -0.2) is 20.5 Å². The summed E-state index contributed by atoms with van der Waals surface area (Å²) in [6.45, 7) is 0. The number of carbonyl (C=O) groups excluding carboxylic acids is 1. The zero-order valence-corrected chi connectivity index (χ0v) is 15.3. The first kappa shape index (κ1) is 16.9. The standard InChI is InChI=1S/C23H16N4O2/c28-22(18-11-9-17(10-12-18)16-5-2-1-3-6-16)25-23-24-21-8-4-7-20(27(21)26-23)19-13-14-29-15-19/h1-15H,(H,25,26,28). The lowest BCUT2D eigenvalue weighted by Gasteiger charge is -2.04. The molecule has 0 aliphatic rings. The molecule has 140 valence electrons. The van der Waals surface area contributed by atoms with Gasteiger partial charge in [0.25, 0.3) is 5.91 Å². The van der Waals surface area contributed by atoms with Crippen LogP contribution in [0, 0.1) is 0 Å². The molecule has 0 fully saturated rings. The first-order valence-electron chi connectivity index (χ1n) is 9.13. The number of nitrogens with zero attached hydrogens (tertiary/aromatic N) is 3. The Morgan fingerprint density at radius 1 is 0.828 bits per heavy atom. The van der Waals surface area contributed by atoms with Gasteiger partial charge in [-0.3, -0.25) is 10.1 Å². The van der Waals surface area contributed by atoms with Gasteiger partial charge in [-0.25, -0.2) is 4.52 Å². The molecule has 0 spiro atoms. The van der Waals surface area contributed by atoms with Crippen LogP contribution in [0.25, 0.3) is 28.0 Å². The van der Waals surface area contributed by atoms with Crippen molar-refractivity contribution in [2.24, 2.45) is 0 Å². The molecule has 6 nitrogen and oxygen atoms in total. The molecule has 0 aliphatic heterocycles. The third-order valence-corrected chi connectivity index (χ3v) is 4.66. The molecule has 0 saturated carbocycles. The van der Waals surface area contributed by atoms with Crippen LogP contribution in [-0.2, 0) is 0 Å². The van der Waals surface area contributed by atoms with Crippen LogP contribution in [0.5, 0.6) is 0 Å². The van der Waals surface area contributed by atoms with Crippen molar-refractivity contribution in [1.82, 2.24) is 14.6 Å². The predicted molar refractivity (Wildman–Crippen MR) is 111 cm³/mol. The molecule has 29 heavy (non-hydrogen) atoms. The number of pyridine rings is 1. The summed E-state index contributed by atoms with van der Waals surface area (Å²) in [6, 6.07) is 25.0. The van der Waals surface area contributed by atoms with Gasteiger partial charge in [0.1, 0.15) is 0 Å². The van der Waals surface area contributed by atoms with Crippen LogP contribution in [0.4, 0.5) is 5.95 Å². The van der Waals surface area contributed by atoms with Gasteiger partial charge in [0, 0.05) is 11.1 Å². The van der Waals surface area contributed by atoms with E-state index in [4.69, 9.17) is 4.42 Å². The number of aromatic nitrogens is 3.